The summed E-state index contributed by atoms with van der Waals surface area (Å²) in [5, 5.41) is 13.1. The number of hydrogen-bond donors (Lipinski definition) is 1. The number of aryl methyl sites for hydroxylation is 1. The molecule has 1 radical (unpaired) electrons. The molecule has 0 bridgehead atoms. The molecule has 0 spiro atoms. The molecule has 0 amide bonds. The number of anilines is 2. The van der Waals surface area contributed by atoms with Gasteiger partial charge in [-0.1, -0.05) is 115 Å². The van der Waals surface area contributed by atoms with E-state index in [2.05, 4.69) is 188 Å². The summed E-state index contributed by atoms with van der Waals surface area (Å²) in [5.41, 5.74) is 21.0. The molecular weight excluding hydrogens is 819 g/mol. The van der Waals surface area contributed by atoms with E-state index in [1.165, 1.54) is 49.4 Å². The van der Waals surface area contributed by atoms with Gasteiger partial charge in [-0.05, 0) is 124 Å². The zero-order chi connectivity index (χ0) is 45.5. The quantitative estimate of drug-likeness (QED) is 0.180. The van der Waals surface area contributed by atoms with E-state index in [4.69, 9.17) is 13.3 Å². The zero-order valence-corrected chi connectivity index (χ0v) is 39.3. The van der Waals surface area contributed by atoms with Crippen LogP contribution in [0.15, 0.2) is 141 Å². The SMILES string of the molecule is Cc1cc(-c2cc3c(cc2Nc2ccc(C(C)(C)C)cc2)oc2cc4c(cc23)C(C)(C)CCC4(C)C)c2c3c1c1cc4oc5ccccc5c4cc1n3-c1cc3oc4ccccc4c3cc1[B]2. The van der Waals surface area contributed by atoms with Gasteiger partial charge in [-0.3, -0.25) is 0 Å². The minimum atomic E-state index is 0.0450. The molecule has 12 aromatic rings. The molecule has 5 nitrogen and oxygen atoms in total. The number of hydrogen-bond acceptors (Lipinski definition) is 4. The van der Waals surface area contributed by atoms with Crippen molar-refractivity contribution in [3.05, 3.63) is 150 Å². The predicted octanol–water partition coefficient (Wildman–Crippen LogP) is 15.8. The van der Waals surface area contributed by atoms with Crippen molar-refractivity contribution in [1.29, 1.82) is 0 Å². The molecule has 6 heteroatoms. The lowest BCUT2D eigenvalue weighted by molar-refractivity contribution is 0.332. The third-order valence-electron chi connectivity index (χ3n) is 15.7. The lowest BCUT2D eigenvalue weighted by Crippen LogP contribution is -2.37. The topological polar surface area (TPSA) is 56.4 Å². The molecule has 325 valence electrons. The fraction of sp³-hybridized carbons (Fsp3) is 0.213. The number of nitrogens with one attached hydrogen (secondary N) is 1. The molecule has 2 aliphatic rings. The van der Waals surface area contributed by atoms with Gasteiger partial charge in [0, 0.05) is 77.7 Å². The maximum absolute atomic E-state index is 6.94. The monoisotopic (exact) mass is 869 g/mol. The lowest BCUT2D eigenvalue weighted by Gasteiger charge is -2.41. The van der Waals surface area contributed by atoms with E-state index in [0.717, 1.165) is 112 Å². The van der Waals surface area contributed by atoms with E-state index in [0.29, 0.717) is 0 Å². The van der Waals surface area contributed by atoms with Crippen molar-refractivity contribution in [3.63, 3.8) is 0 Å². The summed E-state index contributed by atoms with van der Waals surface area (Å²) in [6.07, 6.45) is 2.30. The summed E-state index contributed by atoms with van der Waals surface area (Å²) >= 11 is 0. The maximum atomic E-state index is 6.94. The van der Waals surface area contributed by atoms with E-state index in [1.807, 2.05) is 12.1 Å². The second-order valence-corrected chi connectivity index (χ2v) is 21.9. The molecule has 1 N–H and O–H groups in total. The van der Waals surface area contributed by atoms with Crippen LogP contribution in [0.3, 0.4) is 0 Å². The van der Waals surface area contributed by atoms with Crippen LogP contribution in [0.5, 0.6) is 0 Å². The third kappa shape index (κ3) is 5.50. The van der Waals surface area contributed by atoms with Crippen LogP contribution in [0.25, 0.3) is 104 Å². The molecule has 0 fully saturated rings. The molecule has 5 heterocycles. The fourth-order valence-electron chi connectivity index (χ4n) is 11.9. The Morgan fingerprint density at radius 3 is 1.84 bits per heavy atom. The summed E-state index contributed by atoms with van der Waals surface area (Å²) in [7, 11) is 2.42. The van der Waals surface area contributed by atoms with Crippen LogP contribution in [0.1, 0.15) is 83.6 Å². The Labute approximate surface area is 389 Å². The smallest absolute Gasteiger partial charge is 0.197 e. The van der Waals surface area contributed by atoms with Gasteiger partial charge in [-0.15, -0.1) is 0 Å². The fourth-order valence-corrected chi connectivity index (χ4v) is 11.9. The number of para-hydroxylation sites is 2. The van der Waals surface area contributed by atoms with Gasteiger partial charge in [-0.25, -0.2) is 0 Å². The van der Waals surface area contributed by atoms with Crippen LogP contribution in [-0.4, -0.2) is 11.8 Å². The molecule has 4 aromatic heterocycles. The van der Waals surface area contributed by atoms with E-state index in [-0.39, 0.29) is 16.2 Å². The Balaban J connectivity index is 1.08. The zero-order valence-electron chi connectivity index (χ0n) is 39.3. The van der Waals surface area contributed by atoms with Gasteiger partial charge >= 0.3 is 0 Å². The highest BCUT2D eigenvalue weighted by Gasteiger charge is 2.38. The second-order valence-electron chi connectivity index (χ2n) is 21.9. The predicted molar refractivity (Wildman–Crippen MR) is 282 cm³/mol. The molecule has 1 aliphatic carbocycles. The van der Waals surface area contributed by atoms with Crippen LogP contribution in [0.2, 0.25) is 0 Å². The van der Waals surface area contributed by atoms with E-state index in [9.17, 15) is 0 Å². The molecule has 0 atom stereocenters. The van der Waals surface area contributed by atoms with Gasteiger partial charge in [0.05, 0.1) is 11.2 Å². The van der Waals surface area contributed by atoms with Crippen molar-refractivity contribution in [3.8, 4) is 16.8 Å². The van der Waals surface area contributed by atoms with Crippen molar-refractivity contribution in [2.45, 2.75) is 84.5 Å². The first kappa shape index (κ1) is 39.0. The van der Waals surface area contributed by atoms with Crippen LogP contribution in [0, 0.1) is 6.92 Å². The minimum absolute atomic E-state index is 0.0450. The largest absolute Gasteiger partial charge is 0.456 e. The van der Waals surface area contributed by atoms with Crippen molar-refractivity contribution in [2.24, 2.45) is 0 Å². The van der Waals surface area contributed by atoms with Gasteiger partial charge < -0.3 is 23.1 Å². The summed E-state index contributed by atoms with van der Waals surface area (Å²) in [6.45, 7) is 18.7. The van der Waals surface area contributed by atoms with Crippen molar-refractivity contribution in [1.82, 2.24) is 4.57 Å². The number of aromatic nitrogens is 1. The van der Waals surface area contributed by atoms with Crippen molar-refractivity contribution >= 4 is 117 Å². The molecule has 1 aliphatic heterocycles. The first-order valence-electron chi connectivity index (χ1n) is 23.9. The average Bonchev–Trinajstić information content (AvgIpc) is 4.05. The third-order valence-corrected chi connectivity index (χ3v) is 15.7. The number of furan rings is 3. The number of rotatable bonds is 3. The Bertz CT molecular complexity index is 4140. The number of benzene rings is 8. The average molecular weight is 870 g/mol. The minimum Gasteiger partial charge on any atom is -0.456 e. The van der Waals surface area contributed by atoms with Crippen LogP contribution < -0.4 is 16.2 Å². The Morgan fingerprint density at radius 2 is 1.13 bits per heavy atom. The Hall–Kier alpha value is -7.18. The number of nitrogens with zero attached hydrogens (tertiary/aromatic N) is 1. The lowest BCUT2D eigenvalue weighted by atomic mass is 9.58. The summed E-state index contributed by atoms with van der Waals surface area (Å²) in [5.74, 6) is 0. The van der Waals surface area contributed by atoms with Crippen molar-refractivity contribution in [2.75, 3.05) is 5.32 Å². The van der Waals surface area contributed by atoms with Gasteiger partial charge in [0.1, 0.15) is 33.5 Å². The van der Waals surface area contributed by atoms with Gasteiger partial charge in [0.15, 0.2) is 7.28 Å². The number of fused-ring (bicyclic) bond motifs is 15. The Kier molecular flexibility index (Phi) is 7.60. The summed E-state index contributed by atoms with van der Waals surface area (Å²) in [4.78, 5) is 0. The van der Waals surface area contributed by atoms with E-state index < -0.39 is 0 Å². The second kappa shape index (κ2) is 13.0. The van der Waals surface area contributed by atoms with Crippen LogP contribution >= 0.6 is 0 Å². The highest BCUT2D eigenvalue weighted by Crippen LogP contribution is 2.50. The highest BCUT2D eigenvalue weighted by molar-refractivity contribution is 6.74. The molecule has 0 saturated heterocycles. The first-order chi connectivity index (χ1) is 32.2. The van der Waals surface area contributed by atoms with Gasteiger partial charge in [-0.2, -0.15) is 0 Å². The summed E-state index contributed by atoms with van der Waals surface area (Å²) < 4.78 is 22.6. The highest BCUT2D eigenvalue weighted by atomic mass is 16.3. The molecular formula is C61H50BN2O3. The van der Waals surface area contributed by atoms with Crippen LogP contribution in [-0.2, 0) is 16.2 Å². The van der Waals surface area contributed by atoms with E-state index in [1.54, 1.807) is 0 Å². The molecule has 0 unspecified atom stereocenters. The molecule has 67 heavy (non-hydrogen) atoms. The molecule has 8 aromatic carbocycles. The van der Waals surface area contributed by atoms with Crippen LogP contribution in [0.4, 0.5) is 11.4 Å². The van der Waals surface area contributed by atoms with Crippen molar-refractivity contribution < 1.29 is 13.3 Å². The summed E-state index contributed by atoms with van der Waals surface area (Å²) in [6, 6.07) is 46.8. The van der Waals surface area contributed by atoms with E-state index >= 15 is 0 Å². The maximum Gasteiger partial charge on any atom is 0.197 e. The Morgan fingerprint density at radius 1 is 0.552 bits per heavy atom. The van der Waals surface area contributed by atoms with Gasteiger partial charge in [0.25, 0.3) is 0 Å². The standard InChI is InChI=1S/C61H50BN2O3/c1-32-23-42(37-24-38-39-25-44-45(61(7,8)22-21-60(44,5)6)29-53(39)67-54(38)30-47(37)63-34-19-17-33(18-20-34)59(2,3)4)57-58-56(32)43-28-52-41(36-14-10-12-16-51(36)65-52)27-48(43)64(58)49-31-55-40(26-46(49)62-57)35-13-9-11-15-50(35)66-55/h9-20,23-31,63H,21-22H2,1-8H3. The normalized spacial score (nSPS) is 15.4. The molecule has 0 saturated carbocycles. The molecule has 14 rings (SSSR count). The first-order valence-corrected chi connectivity index (χ1v) is 23.9. The van der Waals surface area contributed by atoms with Gasteiger partial charge in [0.2, 0.25) is 0 Å².